The van der Waals surface area contributed by atoms with Gasteiger partial charge in [-0.25, -0.2) is 0 Å². The van der Waals surface area contributed by atoms with Crippen molar-refractivity contribution >= 4 is 0 Å². The summed E-state index contributed by atoms with van der Waals surface area (Å²) in [7, 11) is 0. The summed E-state index contributed by atoms with van der Waals surface area (Å²) in [4.78, 5) is 0. The molecule has 0 aromatic heterocycles. The Bertz CT molecular complexity index is 176. The molecule has 1 aliphatic carbocycles. The highest BCUT2D eigenvalue weighted by atomic mass is 14.5. The third-order valence-electron chi connectivity index (χ3n) is 5.17. The van der Waals surface area contributed by atoms with E-state index in [1.54, 1.807) is 0 Å². The highest BCUT2D eigenvalue weighted by Gasteiger charge is 2.45. The van der Waals surface area contributed by atoms with Crippen molar-refractivity contribution in [3.05, 3.63) is 0 Å². The van der Waals surface area contributed by atoms with Gasteiger partial charge in [-0.2, -0.15) is 0 Å². The van der Waals surface area contributed by atoms with Crippen LogP contribution in [-0.4, -0.2) is 0 Å². The molecule has 84 valence electrons. The van der Waals surface area contributed by atoms with Crippen molar-refractivity contribution in [2.75, 3.05) is 0 Å². The van der Waals surface area contributed by atoms with Gasteiger partial charge in [0.1, 0.15) is 0 Å². The summed E-state index contributed by atoms with van der Waals surface area (Å²) in [6.07, 6.45) is 4.28. The van der Waals surface area contributed by atoms with Gasteiger partial charge in [0.2, 0.25) is 0 Å². The minimum Gasteiger partial charge on any atom is -0.0651 e. The zero-order valence-corrected chi connectivity index (χ0v) is 10.9. The van der Waals surface area contributed by atoms with Crippen LogP contribution in [0, 0.1) is 29.1 Å². The highest BCUT2D eigenvalue weighted by molar-refractivity contribution is 4.94. The second-order valence-electron chi connectivity index (χ2n) is 6.10. The molecular formula is C14H28. The zero-order valence-electron chi connectivity index (χ0n) is 10.9. The minimum absolute atomic E-state index is 0.585. The first-order chi connectivity index (χ1) is 6.42. The lowest BCUT2D eigenvalue weighted by molar-refractivity contribution is -0.0278. The summed E-state index contributed by atoms with van der Waals surface area (Å²) in [6.45, 7) is 14.5. The predicted molar refractivity (Wildman–Crippen MR) is 64.3 cm³/mol. The molecule has 0 saturated heterocycles. The summed E-state index contributed by atoms with van der Waals surface area (Å²) >= 11 is 0. The summed E-state index contributed by atoms with van der Waals surface area (Å²) in [5.41, 5.74) is 0.585. The van der Waals surface area contributed by atoms with Gasteiger partial charge in [-0.15, -0.1) is 0 Å². The van der Waals surface area contributed by atoms with Gasteiger partial charge in [0.05, 0.1) is 0 Å². The van der Waals surface area contributed by atoms with Crippen LogP contribution in [0.25, 0.3) is 0 Å². The lowest BCUT2D eigenvalue weighted by Crippen LogP contribution is -2.44. The molecule has 0 amide bonds. The van der Waals surface area contributed by atoms with Crippen molar-refractivity contribution in [1.82, 2.24) is 0 Å². The Balaban J connectivity index is 2.71. The molecule has 0 aromatic rings. The van der Waals surface area contributed by atoms with E-state index in [0.29, 0.717) is 5.41 Å². The third-order valence-corrected chi connectivity index (χ3v) is 5.17. The van der Waals surface area contributed by atoms with Crippen molar-refractivity contribution in [2.24, 2.45) is 29.1 Å². The molecule has 0 N–H and O–H groups in total. The van der Waals surface area contributed by atoms with Crippen LogP contribution in [0.3, 0.4) is 0 Å². The summed E-state index contributed by atoms with van der Waals surface area (Å²) in [5, 5.41) is 0. The molecule has 0 heterocycles. The monoisotopic (exact) mass is 196 g/mol. The molecule has 1 rings (SSSR count). The Hall–Kier alpha value is 0. The lowest BCUT2D eigenvalue weighted by atomic mass is 9.53. The average Bonchev–Trinajstić information content (AvgIpc) is 2.10. The smallest absolute Gasteiger partial charge is 0.0249 e. The quantitative estimate of drug-likeness (QED) is 0.609. The Kier molecular flexibility index (Phi) is 3.66. The molecule has 0 heteroatoms. The Morgan fingerprint density at radius 1 is 1.21 bits per heavy atom. The number of hydrogen-bond acceptors (Lipinski definition) is 0. The van der Waals surface area contributed by atoms with Crippen molar-refractivity contribution in [3.8, 4) is 0 Å². The van der Waals surface area contributed by atoms with Crippen LogP contribution in [0.15, 0.2) is 0 Å². The van der Waals surface area contributed by atoms with Crippen LogP contribution in [0.2, 0.25) is 0 Å². The second-order valence-corrected chi connectivity index (χ2v) is 6.10. The molecule has 0 radical (unpaired) electrons. The van der Waals surface area contributed by atoms with Crippen LogP contribution >= 0.6 is 0 Å². The van der Waals surface area contributed by atoms with Crippen LogP contribution in [0.4, 0.5) is 0 Å². The molecule has 1 fully saturated rings. The maximum absolute atomic E-state index is 2.53. The van der Waals surface area contributed by atoms with Crippen molar-refractivity contribution in [1.29, 1.82) is 0 Å². The van der Waals surface area contributed by atoms with Gasteiger partial charge in [-0.3, -0.25) is 0 Å². The first-order valence-electron chi connectivity index (χ1n) is 6.42. The lowest BCUT2D eigenvalue weighted by Gasteiger charge is -2.52. The minimum atomic E-state index is 0.585. The van der Waals surface area contributed by atoms with Crippen LogP contribution in [-0.2, 0) is 0 Å². The average molecular weight is 196 g/mol. The van der Waals surface area contributed by atoms with Crippen LogP contribution < -0.4 is 0 Å². The van der Waals surface area contributed by atoms with E-state index < -0.39 is 0 Å². The van der Waals surface area contributed by atoms with Gasteiger partial charge in [-0.05, 0) is 41.9 Å². The van der Waals surface area contributed by atoms with Crippen molar-refractivity contribution in [3.63, 3.8) is 0 Å². The largest absolute Gasteiger partial charge is 0.0651 e. The zero-order chi connectivity index (χ0) is 10.9. The molecule has 0 aromatic carbocycles. The van der Waals surface area contributed by atoms with Gasteiger partial charge in [0.15, 0.2) is 0 Å². The SMILES string of the molecule is CCC(C)C(C)(C(C)C)C1CC(C)C1. The summed E-state index contributed by atoms with van der Waals surface area (Å²) in [6, 6.07) is 0. The van der Waals surface area contributed by atoms with E-state index in [-0.39, 0.29) is 0 Å². The second kappa shape index (κ2) is 4.24. The molecule has 0 nitrogen and oxygen atoms in total. The maximum atomic E-state index is 2.53. The third kappa shape index (κ3) is 1.85. The maximum Gasteiger partial charge on any atom is -0.0249 e. The van der Waals surface area contributed by atoms with E-state index in [9.17, 15) is 0 Å². The molecule has 0 bridgehead atoms. The van der Waals surface area contributed by atoms with E-state index >= 15 is 0 Å². The topological polar surface area (TPSA) is 0 Å². The number of rotatable bonds is 4. The van der Waals surface area contributed by atoms with E-state index in [1.807, 2.05) is 0 Å². The van der Waals surface area contributed by atoms with Crippen molar-refractivity contribution < 1.29 is 0 Å². The molecule has 2 unspecified atom stereocenters. The van der Waals surface area contributed by atoms with Crippen molar-refractivity contribution in [2.45, 2.75) is 60.8 Å². The molecule has 1 aliphatic rings. The van der Waals surface area contributed by atoms with Gasteiger partial charge in [0.25, 0.3) is 0 Å². The molecule has 2 atom stereocenters. The summed E-state index contributed by atoms with van der Waals surface area (Å²) in [5.74, 6) is 3.68. The molecular weight excluding hydrogens is 168 g/mol. The fourth-order valence-electron chi connectivity index (χ4n) is 3.29. The molecule has 0 spiro atoms. The van der Waals surface area contributed by atoms with E-state index in [4.69, 9.17) is 0 Å². The Morgan fingerprint density at radius 2 is 1.71 bits per heavy atom. The van der Waals surface area contributed by atoms with E-state index in [0.717, 1.165) is 23.7 Å². The Labute approximate surface area is 90.5 Å². The first-order valence-corrected chi connectivity index (χ1v) is 6.42. The van der Waals surface area contributed by atoms with Gasteiger partial charge in [0, 0.05) is 0 Å². The van der Waals surface area contributed by atoms with Gasteiger partial charge >= 0.3 is 0 Å². The van der Waals surface area contributed by atoms with E-state index in [2.05, 4.69) is 41.5 Å². The molecule has 0 aliphatic heterocycles. The highest BCUT2D eigenvalue weighted by Crippen LogP contribution is 2.53. The fourth-order valence-corrected chi connectivity index (χ4v) is 3.29. The van der Waals surface area contributed by atoms with Gasteiger partial charge < -0.3 is 0 Å². The molecule has 14 heavy (non-hydrogen) atoms. The number of hydrogen-bond donors (Lipinski definition) is 0. The normalized spacial score (nSPS) is 33.6. The predicted octanol–water partition coefficient (Wildman–Crippen LogP) is 4.74. The fraction of sp³-hybridized carbons (Fsp3) is 1.00. The first kappa shape index (κ1) is 12.1. The van der Waals surface area contributed by atoms with Crippen LogP contribution in [0.5, 0.6) is 0 Å². The van der Waals surface area contributed by atoms with Crippen LogP contribution in [0.1, 0.15) is 60.8 Å². The molecule has 1 saturated carbocycles. The van der Waals surface area contributed by atoms with Gasteiger partial charge in [-0.1, -0.05) is 48.0 Å². The standard InChI is InChI=1S/C14H28/c1-7-12(5)14(6,10(2)3)13-8-11(4)9-13/h10-13H,7-9H2,1-6H3. The van der Waals surface area contributed by atoms with E-state index in [1.165, 1.54) is 19.3 Å². The Morgan fingerprint density at radius 3 is 2.00 bits per heavy atom. The summed E-state index contributed by atoms with van der Waals surface area (Å²) < 4.78 is 0.